The van der Waals surface area contributed by atoms with Crippen LogP contribution in [0.1, 0.15) is 51.3 Å². The molecular weight excluding hydrogens is 506 g/mol. The number of allylic oxidation sites excluding steroid dienone is 1. The summed E-state index contributed by atoms with van der Waals surface area (Å²) >= 11 is 7.48. The van der Waals surface area contributed by atoms with Crippen molar-refractivity contribution in [2.45, 2.75) is 52.8 Å². The van der Waals surface area contributed by atoms with Gasteiger partial charge in [-0.1, -0.05) is 60.2 Å². The number of rotatable bonds is 6. The number of hydrogen-bond acceptors (Lipinski definition) is 5. The van der Waals surface area contributed by atoms with Crippen LogP contribution in [-0.2, 0) is 16.1 Å². The van der Waals surface area contributed by atoms with Crippen LogP contribution in [0.15, 0.2) is 75.8 Å². The van der Waals surface area contributed by atoms with Gasteiger partial charge in [-0.2, -0.15) is 0 Å². The van der Waals surface area contributed by atoms with E-state index in [0.29, 0.717) is 25.6 Å². The highest BCUT2D eigenvalue weighted by Gasteiger charge is 2.33. The molecule has 1 aliphatic heterocycles. The lowest BCUT2D eigenvalue weighted by Gasteiger charge is -2.25. The van der Waals surface area contributed by atoms with Crippen LogP contribution in [-0.4, -0.2) is 21.2 Å². The van der Waals surface area contributed by atoms with E-state index >= 15 is 0 Å². The summed E-state index contributed by atoms with van der Waals surface area (Å²) in [6, 6.07) is 14.7. The normalized spacial score (nSPS) is 15.8. The Balaban J connectivity index is 1.72. The maximum absolute atomic E-state index is 13.9. The van der Waals surface area contributed by atoms with Gasteiger partial charge >= 0.3 is 5.97 Å². The monoisotopic (exact) mass is 533 g/mol. The second-order valence-electron chi connectivity index (χ2n) is 9.38. The lowest BCUT2D eigenvalue weighted by atomic mass is 9.96. The summed E-state index contributed by atoms with van der Waals surface area (Å²) in [6.45, 7) is 8.43. The lowest BCUT2D eigenvalue weighted by molar-refractivity contribution is -0.143. The maximum atomic E-state index is 13.9. The standard InChI is InChI=1S/C29H28ClN3O3S/c1-5-14-32-16-20(22-8-6-7-9-23(22)32)15-24-27(34)33-26(19-10-12-21(30)13-11-19)25(28(35)36-17(2)3)18(4)31-29(33)37-24/h6-13,15-17,26H,5,14H2,1-4H3. The number of nitrogens with zero attached hydrogens (tertiary/aromatic N) is 3. The van der Waals surface area contributed by atoms with E-state index in [9.17, 15) is 9.59 Å². The number of hydrogen-bond donors (Lipinski definition) is 0. The molecule has 3 heterocycles. The molecule has 1 aliphatic rings. The summed E-state index contributed by atoms with van der Waals surface area (Å²) in [5.41, 5.74) is 3.58. The van der Waals surface area contributed by atoms with E-state index in [1.165, 1.54) is 11.3 Å². The third-order valence-corrected chi connectivity index (χ3v) is 7.58. The van der Waals surface area contributed by atoms with Crippen molar-refractivity contribution in [3.63, 3.8) is 0 Å². The van der Waals surface area contributed by atoms with Crippen molar-refractivity contribution in [3.05, 3.63) is 102 Å². The molecule has 8 heteroatoms. The van der Waals surface area contributed by atoms with Gasteiger partial charge in [0.15, 0.2) is 4.80 Å². The average molecular weight is 534 g/mol. The molecule has 2 aromatic heterocycles. The van der Waals surface area contributed by atoms with Crippen molar-refractivity contribution in [3.8, 4) is 0 Å². The van der Waals surface area contributed by atoms with Gasteiger partial charge in [-0.15, -0.1) is 0 Å². The van der Waals surface area contributed by atoms with E-state index in [-0.39, 0.29) is 11.7 Å². The molecule has 1 unspecified atom stereocenters. The summed E-state index contributed by atoms with van der Waals surface area (Å²) in [4.78, 5) is 32.3. The van der Waals surface area contributed by atoms with Crippen molar-refractivity contribution in [2.75, 3.05) is 0 Å². The third-order valence-electron chi connectivity index (χ3n) is 6.34. The highest BCUT2D eigenvalue weighted by Crippen LogP contribution is 2.31. The Morgan fingerprint density at radius 3 is 2.62 bits per heavy atom. The number of carbonyl (C=O) groups is 1. The van der Waals surface area contributed by atoms with Gasteiger partial charge in [0.25, 0.3) is 5.56 Å². The molecule has 6 nitrogen and oxygen atoms in total. The number of carbonyl (C=O) groups excluding carboxylic acids is 1. The number of benzene rings is 2. The Hall–Kier alpha value is -3.42. The van der Waals surface area contributed by atoms with E-state index in [0.717, 1.165) is 35.0 Å². The van der Waals surface area contributed by atoms with E-state index < -0.39 is 12.0 Å². The number of halogens is 1. The highest BCUT2D eigenvalue weighted by atomic mass is 35.5. The van der Waals surface area contributed by atoms with Crippen LogP contribution in [0.25, 0.3) is 17.0 Å². The summed E-state index contributed by atoms with van der Waals surface area (Å²) in [7, 11) is 0. The fraction of sp³-hybridized carbons (Fsp3) is 0.276. The van der Waals surface area contributed by atoms with Gasteiger partial charge in [-0.05, 0) is 57.0 Å². The summed E-state index contributed by atoms with van der Waals surface area (Å²) in [6.07, 6.45) is 4.74. The molecule has 5 rings (SSSR count). The quantitative estimate of drug-likeness (QED) is 0.320. The zero-order valence-corrected chi connectivity index (χ0v) is 22.8. The predicted octanol–water partition coefficient (Wildman–Crippen LogP) is 5.20. The van der Waals surface area contributed by atoms with Gasteiger partial charge < -0.3 is 9.30 Å². The number of thiazole rings is 1. The Labute approximate surface area is 223 Å². The molecule has 0 saturated carbocycles. The Bertz CT molecular complexity index is 1710. The van der Waals surface area contributed by atoms with Crippen LogP contribution in [0.5, 0.6) is 0 Å². The molecule has 2 aromatic carbocycles. The smallest absolute Gasteiger partial charge is 0.338 e. The van der Waals surface area contributed by atoms with Crippen molar-refractivity contribution in [2.24, 2.45) is 4.99 Å². The molecule has 1 atom stereocenters. The molecule has 0 saturated heterocycles. The molecule has 190 valence electrons. The predicted molar refractivity (Wildman–Crippen MR) is 149 cm³/mol. The van der Waals surface area contributed by atoms with Crippen LogP contribution < -0.4 is 14.9 Å². The molecule has 0 fully saturated rings. The lowest BCUT2D eigenvalue weighted by Crippen LogP contribution is -2.40. The molecule has 0 bridgehead atoms. The molecular formula is C29H28ClN3O3S. The largest absolute Gasteiger partial charge is 0.459 e. The molecule has 0 N–H and O–H groups in total. The molecule has 0 amide bonds. The van der Waals surface area contributed by atoms with Gasteiger partial charge in [0, 0.05) is 34.2 Å². The third kappa shape index (κ3) is 4.69. The number of ether oxygens (including phenoxy) is 1. The van der Waals surface area contributed by atoms with Crippen molar-refractivity contribution in [1.82, 2.24) is 9.13 Å². The minimum atomic E-state index is -0.664. The highest BCUT2D eigenvalue weighted by molar-refractivity contribution is 7.07. The number of aromatic nitrogens is 2. The maximum Gasteiger partial charge on any atom is 0.338 e. The molecule has 4 aromatic rings. The molecule has 0 radical (unpaired) electrons. The fourth-order valence-corrected chi connectivity index (χ4v) is 5.94. The van der Waals surface area contributed by atoms with Crippen molar-refractivity contribution >= 4 is 45.9 Å². The summed E-state index contributed by atoms with van der Waals surface area (Å²) in [5.74, 6) is -0.479. The van der Waals surface area contributed by atoms with Crippen molar-refractivity contribution in [1.29, 1.82) is 0 Å². The first kappa shape index (κ1) is 25.2. The van der Waals surface area contributed by atoms with Crippen LogP contribution >= 0.6 is 22.9 Å². The van der Waals surface area contributed by atoms with Crippen molar-refractivity contribution < 1.29 is 9.53 Å². The summed E-state index contributed by atoms with van der Waals surface area (Å²) < 4.78 is 9.95. The first-order chi connectivity index (χ1) is 17.8. The Morgan fingerprint density at radius 2 is 1.92 bits per heavy atom. The Kier molecular flexibility index (Phi) is 6.92. The number of para-hydroxylation sites is 1. The van der Waals surface area contributed by atoms with E-state index in [1.807, 2.05) is 30.3 Å². The van der Waals surface area contributed by atoms with Crippen LogP contribution in [0.3, 0.4) is 0 Å². The molecule has 37 heavy (non-hydrogen) atoms. The van der Waals surface area contributed by atoms with Crippen LogP contribution in [0, 0.1) is 0 Å². The molecule has 0 spiro atoms. The van der Waals surface area contributed by atoms with Gasteiger partial charge in [-0.25, -0.2) is 9.79 Å². The zero-order chi connectivity index (χ0) is 26.3. The fourth-order valence-electron chi connectivity index (χ4n) is 4.78. The van der Waals surface area contributed by atoms with E-state index in [4.69, 9.17) is 16.3 Å². The first-order valence-corrected chi connectivity index (χ1v) is 13.5. The zero-order valence-electron chi connectivity index (χ0n) is 21.2. The van der Waals surface area contributed by atoms with E-state index in [1.54, 1.807) is 37.5 Å². The van der Waals surface area contributed by atoms with Crippen LogP contribution in [0.4, 0.5) is 0 Å². The Morgan fingerprint density at radius 1 is 1.19 bits per heavy atom. The van der Waals surface area contributed by atoms with Gasteiger partial charge in [0.1, 0.15) is 0 Å². The first-order valence-electron chi connectivity index (χ1n) is 12.3. The second-order valence-corrected chi connectivity index (χ2v) is 10.8. The van der Waals surface area contributed by atoms with Gasteiger partial charge in [-0.3, -0.25) is 9.36 Å². The second kappa shape index (κ2) is 10.1. The topological polar surface area (TPSA) is 65.6 Å². The molecule has 0 aliphatic carbocycles. The average Bonchev–Trinajstić information content (AvgIpc) is 3.35. The summed E-state index contributed by atoms with van der Waals surface area (Å²) in [5, 5.41) is 1.67. The minimum absolute atomic E-state index is 0.196. The van der Waals surface area contributed by atoms with Gasteiger partial charge in [0.05, 0.1) is 27.9 Å². The van der Waals surface area contributed by atoms with Crippen LogP contribution in [0.2, 0.25) is 5.02 Å². The van der Waals surface area contributed by atoms with Gasteiger partial charge in [0.2, 0.25) is 0 Å². The number of esters is 1. The SMILES string of the molecule is CCCn1cc(C=c2sc3n(c2=O)C(c2ccc(Cl)cc2)C(C(=O)OC(C)C)=C(C)N=3)c2ccccc21. The number of fused-ring (bicyclic) bond motifs is 2. The number of aryl methyl sites for hydroxylation is 1. The minimum Gasteiger partial charge on any atom is -0.459 e. The van der Waals surface area contributed by atoms with E-state index in [2.05, 4.69) is 34.8 Å².